The van der Waals surface area contributed by atoms with Crippen molar-refractivity contribution in [1.29, 1.82) is 0 Å². The molecule has 166 valence electrons. The van der Waals surface area contributed by atoms with Gasteiger partial charge in [-0.3, -0.25) is 14.9 Å². The van der Waals surface area contributed by atoms with Crippen LogP contribution in [-0.4, -0.2) is 31.4 Å². The van der Waals surface area contributed by atoms with Crippen LogP contribution in [0.4, 0.5) is 13.2 Å². The van der Waals surface area contributed by atoms with Gasteiger partial charge in [-0.1, -0.05) is 18.2 Å². The molecule has 0 aliphatic carbocycles. The van der Waals surface area contributed by atoms with Gasteiger partial charge in [0.1, 0.15) is 0 Å². The molecule has 0 amide bonds. The van der Waals surface area contributed by atoms with E-state index >= 15 is 0 Å². The molecule has 1 aliphatic heterocycles. The van der Waals surface area contributed by atoms with Crippen LogP contribution in [0.5, 0.6) is 0 Å². The first kappa shape index (κ1) is 21.2. The number of rotatable bonds is 4. The molecule has 4 heterocycles. The number of hydrogen-bond donors (Lipinski definition) is 0. The molecule has 4 aromatic rings. The minimum Gasteiger partial charge on any atom is -0.294 e. The zero-order valence-electron chi connectivity index (χ0n) is 17.6. The first-order valence-corrected chi connectivity index (χ1v) is 10.6. The van der Waals surface area contributed by atoms with Crippen LogP contribution in [0.25, 0.3) is 22.6 Å². The van der Waals surface area contributed by atoms with E-state index in [2.05, 4.69) is 19.9 Å². The number of pyridine rings is 2. The molecule has 0 fully saturated rings. The molecule has 0 saturated carbocycles. The van der Waals surface area contributed by atoms with Gasteiger partial charge in [-0.2, -0.15) is 13.2 Å². The largest absolute Gasteiger partial charge is 0.416 e. The fourth-order valence-corrected chi connectivity index (χ4v) is 3.95. The number of hydrogen-bond acceptors (Lipinski definition) is 5. The van der Waals surface area contributed by atoms with Crippen molar-refractivity contribution >= 4 is 0 Å². The van der Waals surface area contributed by atoms with Crippen molar-refractivity contribution in [1.82, 2.24) is 24.8 Å². The average molecular weight is 447 g/mol. The van der Waals surface area contributed by atoms with Crippen molar-refractivity contribution in [3.05, 3.63) is 95.7 Å². The smallest absolute Gasteiger partial charge is 0.294 e. The van der Waals surface area contributed by atoms with Gasteiger partial charge in [0.25, 0.3) is 0 Å². The van der Waals surface area contributed by atoms with Gasteiger partial charge >= 0.3 is 6.18 Å². The van der Waals surface area contributed by atoms with E-state index in [9.17, 15) is 13.2 Å². The van der Waals surface area contributed by atoms with E-state index in [4.69, 9.17) is 4.98 Å². The van der Waals surface area contributed by atoms with Crippen molar-refractivity contribution < 1.29 is 13.2 Å². The van der Waals surface area contributed by atoms with Crippen molar-refractivity contribution in [3.8, 4) is 22.6 Å². The van der Waals surface area contributed by atoms with E-state index in [1.807, 2.05) is 24.4 Å². The lowest BCUT2D eigenvalue weighted by Gasteiger charge is -2.28. The van der Waals surface area contributed by atoms with Gasteiger partial charge in [0.2, 0.25) is 0 Å². The Morgan fingerprint density at radius 2 is 1.76 bits per heavy atom. The number of benzene rings is 1. The molecule has 1 aliphatic rings. The van der Waals surface area contributed by atoms with Crippen LogP contribution in [0.1, 0.15) is 22.4 Å². The van der Waals surface area contributed by atoms with Crippen LogP contribution >= 0.6 is 0 Å². The van der Waals surface area contributed by atoms with Crippen LogP contribution in [0.2, 0.25) is 0 Å². The first-order chi connectivity index (χ1) is 16.0. The summed E-state index contributed by atoms with van der Waals surface area (Å²) < 4.78 is 39.0. The molecule has 0 N–H and O–H groups in total. The summed E-state index contributed by atoms with van der Waals surface area (Å²) in [6.07, 6.45) is 3.53. The molecule has 8 heteroatoms. The molecule has 1 aromatic carbocycles. The molecule has 5 rings (SSSR count). The summed E-state index contributed by atoms with van der Waals surface area (Å²) >= 11 is 0. The maximum atomic E-state index is 13.0. The Balaban J connectivity index is 1.27. The highest BCUT2D eigenvalue weighted by Crippen LogP contribution is 2.31. The van der Waals surface area contributed by atoms with Gasteiger partial charge in [0.15, 0.2) is 5.82 Å². The van der Waals surface area contributed by atoms with Gasteiger partial charge in [0, 0.05) is 67.5 Å². The predicted octanol–water partition coefficient (Wildman–Crippen LogP) is 5.18. The zero-order valence-corrected chi connectivity index (χ0v) is 17.6. The first-order valence-electron chi connectivity index (χ1n) is 10.6. The van der Waals surface area contributed by atoms with Crippen molar-refractivity contribution in [2.45, 2.75) is 25.7 Å². The third-order valence-electron chi connectivity index (χ3n) is 5.67. The number of nitrogens with zero attached hydrogens (tertiary/aromatic N) is 5. The highest BCUT2D eigenvalue weighted by molar-refractivity contribution is 5.60. The second-order valence-electron chi connectivity index (χ2n) is 7.99. The lowest BCUT2D eigenvalue weighted by atomic mass is 10.1. The summed E-state index contributed by atoms with van der Waals surface area (Å²) in [6, 6.07) is 12.7. The second-order valence-corrected chi connectivity index (χ2v) is 7.99. The standard InChI is InChI=1S/C25H20F3N5/c26-25(27,28)21-3-1-2-19(12-21)22-5-4-17(13-30-22)15-33-11-8-23-20(16-33)14-31-24(32-23)18-6-9-29-10-7-18/h1-7,9-10,12-14H,8,11,15-16H2. The monoisotopic (exact) mass is 447 g/mol. The third-order valence-corrected chi connectivity index (χ3v) is 5.67. The summed E-state index contributed by atoms with van der Waals surface area (Å²) in [4.78, 5) is 20.0. The van der Waals surface area contributed by atoms with Gasteiger partial charge < -0.3 is 0 Å². The number of halogens is 3. The molecule has 5 nitrogen and oxygen atoms in total. The van der Waals surface area contributed by atoms with E-state index in [0.29, 0.717) is 23.6 Å². The topological polar surface area (TPSA) is 54.8 Å². The fraction of sp³-hybridized carbons (Fsp3) is 0.200. The molecule has 0 radical (unpaired) electrons. The summed E-state index contributed by atoms with van der Waals surface area (Å²) in [5, 5.41) is 0. The summed E-state index contributed by atoms with van der Waals surface area (Å²) in [5.74, 6) is 0.707. The lowest BCUT2D eigenvalue weighted by molar-refractivity contribution is -0.137. The Hall–Kier alpha value is -3.65. The van der Waals surface area contributed by atoms with Crippen LogP contribution in [0.15, 0.2) is 73.3 Å². The molecule has 0 atom stereocenters. The molecule has 33 heavy (non-hydrogen) atoms. The maximum Gasteiger partial charge on any atom is 0.416 e. The molecular weight excluding hydrogens is 427 g/mol. The van der Waals surface area contributed by atoms with Gasteiger partial charge in [0.05, 0.1) is 17.0 Å². The lowest BCUT2D eigenvalue weighted by Crippen LogP contribution is -2.31. The van der Waals surface area contributed by atoms with Gasteiger partial charge in [-0.25, -0.2) is 9.97 Å². The van der Waals surface area contributed by atoms with E-state index in [-0.39, 0.29) is 0 Å². The van der Waals surface area contributed by atoms with Crippen LogP contribution in [0.3, 0.4) is 0 Å². The quantitative estimate of drug-likeness (QED) is 0.432. The van der Waals surface area contributed by atoms with Gasteiger partial charge in [-0.15, -0.1) is 0 Å². The fourth-order valence-electron chi connectivity index (χ4n) is 3.95. The number of aromatic nitrogens is 4. The summed E-state index contributed by atoms with van der Waals surface area (Å²) in [5.41, 5.74) is 4.41. The molecule has 0 bridgehead atoms. The SMILES string of the molecule is FC(F)(F)c1cccc(-c2ccc(CN3CCc4nc(-c5ccncc5)ncc4C3)cn2)c1. The number of fused-ring (bicyclic) bond motifs is 1. The highest BCUT2D eigenvalue weighted by atomic mass is 19.4. The van der Waals surface area contributed by atoms with Crippen LogP contribution < -0.4 is 0 Å². The summed E-state index contributed by atoms with van der Waals surface area (Å²) in [7, 11) is 0. The Bertz CT molecular complexity index is 1260. The number of alkyl halides is 3. The van der Waals surface area contributed by atoms with E-state index in [1.165, 1.54) is 6.07 Å². The van der Waals surface area contributed by atoms with Crippen LogP contribution in [-0.2, 0) is 25.7 Å². The minimum absolute atomic E-state index is 0.449. The highest BCUT2D eigenvalue weighted by Gasteiger charge is 2.30. The molecular formula is C25H20F3N5. The zero-order chi connectivity index (χ0) is 22.8. The van der Waals surface area contributed by atoms with Crippen LogP contribution in [0, 0.1) is 0 Å². The van der Waals surface area contributed by atoms with Gasteiger partial charge in [-0.05, 0) is 35.9 Å². The van der Waals surface area contributed by atoms with E-state index in [1.54, 1.807) is 30.7 Å². The normalized spacial score (nSPS) is 14.2. The molecule has 0 spiro atoms. The third kappa shape index (κ3) is 4.75. The molecule has 0 unspecified atom stereocenters. The average Bonchev–Trinajstić information content (AvgIpc) is 2.84. The molecule has 3 aromatic heterocycles. The summed E-state index contributed by atoms with van der Waals surface area (Å²) in [6.45, 7) is 2.29. The van der Waals surface area contributed by atoms with E-state index < -0.39 is 11.7 Å². The van der Waals surface area contributed by atoms with Crippen molar-refractivity contribution in [2.75, 3.05) is 6.54 Å². The minimum atomic E-state index is -4.37. The second kappa shape index (κ2) is 8.71. The Labute approximate surface area is 189 Å². The van der Waals surface area contributed by atoms with Crippen molar-refractivity contribution in [3.63, 3.8) is 0 Å². The Morgan fingerprint density at radius 1 is 0.909 bits per heavy atom. The molecule has 0 saturated heterocycles. The van der Waals surface area contributed by atoms with E-state index in [0.717, 1.165) is 54.0 Å². The maximum absolute atomic E-state index is 13.0. The predicted molar refractivity (Wildman–Crippen MR) is 118 cm³/mol. The Morgan fingerprint density at radius 3 is 2.52 bits per heavy atom. The Kier molecular flexibility index (Phi) is 5.60. The van der Waals surface area contributed by atoms with Crippen molar-refractivity contribution in [2.24, 2.45) is 0 Å².